The highest BCUT2D eigenvalue weighted by Crippen LogP contribution is 2.19. The van der Waals surface area contributed by atoms with Gasteiger partial charge in [-0.15, -0.1) is 0 Å². The third-order valence-electron chi connectivity index (χ3n) is 2.62. The monoisotopic (exact) mass is 297 g/mol. The maximum atomic E-state index is 11.7. The van der Waals surface area contributed by atoms with Gasteiger partial charge in [-0.1, -0.05) is 17.7 Å². The summed E-state index contributed by atoms with van der Waals surface area (Å²) < 4.78 is 0. The molecule has 0 heterocycles. The zero-order valence-corrected chi connectivity index (χ0v) is 11.8. The third kappa shape index (κ3) is 4.32. The number of nitrogens with zero attached hydrogens (tertiary/aromatic N) is 1. The Kier molecular flexibility index (Phi) is 6.14. The lowest BCUT2D eigenvalue weighted by Crippen LogP contribution is -2.39. The number of nitrogens with one attached hydrogen (secondary N) is 1. The Balaban J connectivity index is 2.71. The third-order valence-corrected chi connectivity index (χ3v) is 3.02. The summed E-state index contributed by atoms with van der Waals surface area (Å²) in [4.78, 5) is 35.0. The number of carbonyl (C=O) groups excluding carboxylic acids is 3. The summed E-state index contributed by atoms with van der Waals surface area (Å²) in [5.41, 5.74) is 6.54. The predicted molar refractivity (Wildman–Crippen MR) is 76.3 cm³/mol. The molecule has 1 rings (SSSR count). The van der Waals surface area contributed by atoms with E-state index in [1.54, 1.807) is 12.1 Å². The number of rotatable bonds is 5. The van der Waals surface area contributed by atoms with E-state index in [1.165, 1.54) is 6.07 Å². The molecule has 0 bridgehead atoms. The Morgan fingerprint density at radius 3 is 2.70 bits per heavy atom. The highest BCUT2D eigenvalue weighted by molar-refractivity contribution is 6.41. The quantitative estimate of drug-likeness (QED) is 0.624. The molecule has 108 valence electrons. The first-order valence-corrected chi connectivity index (χ1v) is 6.41. The minimum Gasteiger partial charge on any atom is -0.330 e. The minimum absolute atomic E-state index is 0.112. The van der Waals surface area contributed by atoms with Crippen LogP contribution in [-0.4, -0.2) is 36.2 Å². The zero-order chi connectivity index (χ0) is 15.1. The lowest BCUT2D eigenvalue weighted by atomic mass is 10.2. The van der Waals surface area contributed by atoms with Gasteiger partial charge in [0.05, 0.1) is 0 Å². The van der Waals surface area contributed by atoms with Gasteiger partial charge in [-0.05, 0) is 37.6 Å². The van der Waals surface area contributed by atoms with Gasteiger partial charge in [0.15, 0.2) is 0 Å². The zero-order valence-electron chi connectivity index (χ0n) is 11.1. The van der Waals surface area contributed by atoms with E-state index in [4.69, 9.17) is 17.3 Å². The van der Waals surface area contributed by atoms with Crippen molar-refractivity contribution in [2.45, 2.75) is 13.3 Å². The molecular weight excluding hydrogens is 282 g/mol. The fourth-order valence-electron chi connectivity index (χ4n) is 1.45. The smallest absolute Gasteiger partial charge is 0.318 e. The fourth-order valence-corrected chi connectivity index (χ4v) is 1.63. The molecule has 7 heteroatoms. The molecule has 1 aromatic carbocycles. The molecule has 6 nitrogen and oxygen atoms in total. The van der Waals surface area contributed by atoms with Crippen molar-refractivity contribution in [1.29, 1.82) is 0 Å². The Bertz CT molecular complexity index is 520. The van der Waals surface area contributed by atoms with Crippen molar-refractivity contribution in [2.75, 3.05) is 18.4 Å². The van der Waals surface area contributed by atoms with Crippen LogP contribution in [0.25, 0.3) is 0 Å². The predicted octanol–water partition coefficient (Wildman–Crippen LogP) is 0.921. The van der Waals surface area contributed by atoms with E-state index in [9.17, 15) is 14.4 Å². The van der Waals surface area contributed by atoms with Gasteiger partial charge in [-0.3, -0.25) is 19.3 Å². The molecule has 3 amide bonds. The number of imide groups is 1. The lowest BCUT2D eigenvalue weighted by molar-refractivity contribution is -0.146. The average Bonchev–Trinajstić information content (AvgIpc) is 2.43. The van der Waals surface area contributed by atoms with Gasteiger partial charge in [-0.2, -0.15) is 0 Å². The van der Waals surface area contributed by atoms with Crippen LogP contribution in [0.3, 0.4) is 0 Å². The summed E-state index contributed by atoms with van der Waals surface area (Å²) in [7, 11) is 0. The number of aryl methyl sites for hydroxylation is 1. The maximum absolute atomic E-state index is 11.7. The van der Waals surface area contributed by atoms with Crippen LogP contribution in [0, 0.1) is 6.92 Å². The Hall–Kier alpha value is -1.92. The molecule has 0 saturated heterocycles. The van der Waals surface area contributed by atoms with E-state index in [0.717, 1.165) is 10.5 Å². The molecule has 0 spiro atoms. The summed E-state index contributed by atoms with van der Waals surface area (Å²) >= 11 is 5.92. The van der Waals surface area contributed by atoms with E-state index in [-0.39, 0.29) is 6.54 Å². The van der Waals surface area contributed by atoms with Crippen molar-refractivity contribution in [3.05, 3.63) is 28.8 Å². The highest BCUT2D eigenvalue weighted by Gasteiger charge is 2.21. The first kappa shape index (κ1) is 16.1. The second-order valence-electron chi connectivity index (χ2n) is 4.16. The largest absolute Gasteiger partial charge is 0.330 e. The van der Waals surface area contributed by atoms with Gasteiger partial charge in [-0.25, -0.2) is 0 Å². The molecule has 3 N–H and O–H groups in total. The molecular formula is C13H16ClN3O3. The molecule has 0 aromatic heterocycles. The molecule has 0 fully saturated rings. The number of carbonyl (C=O) groups is 3. The van der Waals surface area contributed by atoms with Crippen LogP contribution in [0.1, 0.15) is 12.0 Å². The molecule has 0 atom stereocenters. The van der Waals surface area contributed by atoms with Crippen molar-refractivity contribution in [1.82, 2.24) is 4.90 Å². The fraction of sp³-hybridized carbons (Fsp3) is 0.308. The van der Waals surface area contributed by atoms with Crippen molar-refractivity contribution < 1.29 is 14.4 Å². The van der Waals surface area contributed by atoms with E-state index in [2.05, 4.69) is 5.32 Å². The normalized spacial score (nSPS) is 9.95. The molecule has 20 heavy (non-hydrogen) atoms. The summed E-state index contributed by atoms with van der Waals surface area (Å²) in [5, 5.41) is 2.87. The van der Waals surface area contributed by atoms with Gasteiger partial charge in [0, 0.05) is 17.3 Å². The van der Waals surface area contributed by atoms with Gasteiger partial charge < -0.3 is 11.1 Å². The van der Waals surface area contributed by atoms with Crippen LogP contribution in [0.15, 0.2) is 18.2 Å². The van der Waals surface area contributed by atoms with Crippen LogP contribution in [0.2, 0.25) is 5.02 Å². The molecule has 0 aliphatic carbocycles. The SMILES string of the molecule is Cc1ccc(NC(=O)C(=O)N(C=O)CCCN)cc1Cl. The van der Waals surface area contributed by atoms with Crippen molar-refractivity contribution in [3.63, 3.8) is 0 Å². The topological polar surface area (TPSA) is 92.5 Å². The van der Waals surface area contributed by atoms with Gasteiger partial charge in [0.2, 0.25) is 6.41 Å². The molecule has 0 aliphatic heterocycles. The van der Waals surface area contributed by atoms with E-state index >= 15 is 0 Å². The minimum atomic E-state index is -0.926. The number of amides is 3. The Morgan fingerprint density at radius 1 is 1.45 bits per heavy atom. The van der Waals surface area contributed by atoms with Crippen LogP contribution in [-0.2, 0) is 14.4 Å². The first-order valence-electron chi connectivity index (χ1n) is 6.03. The van der Waals surface area contributed by atoms with Crippen molar-refractivity contribution in [3.8, 4) is 0 Å². The number of benzene rings is 1. The molecule has 0 saturated carbocycles. The van der Waals surface area contributed by atoms with E-state index in [1.807, 2.05) is 6.92 Å². The number of hydrogen-bond acceptors (Lipinski definition) is 4. The summed E-state index contributed by atoms with van der Waals surface area (Å²) in [6.07, 6.45) is 0.758. The Labute approximate surface area is 121 Å². The second kappa shape index (κ2) is 7.62. The van der Waals surface area contributed by atoms with Gasteiger partial charge in [0.25, 0.3) is 0 Å². The lowest BCUT2D eigenvalue weighted by Gasteiger charge is -2.14. The van der Waals surface area contributed by atoms with Crippen molar-refractivity contribution >= 4 is 35.5 Å². The molecule has 0 aliphatic rings. The average molecular weight is 298 g/mol. The summed E-state index contributed by atoms with van der Waals surface area (Å²) in [5.74, 6) is -1.82. The van der Waals surface area contributed by atoms with Crippen LogP contribution in [0.4, 0.5) is 5.69 Å². The number of halogens is 1. The summed E-state index contributed by atoms with van der Waals surface area (Å²) in [6.45, 7) is 2.26. The summed E-state index contributed by atoms with van der Waals surface area (Å²) in [6, 6.07) is 4.87. The number of nitrogens with two attached hydrogens (primary N) is 1. The molecule has 0 unspecified atom stereocenters. The van der Waals surface area contributed by atoms with Crippen LogP contribution < -0.4 is 11.1 Å². The van der Waals surface area contributed by atoms with Crippen LogP contribution >= 0.6 is 11.6 Å². The standard InChI is InChI=1S/C13H16ClN3O3/c1-9-3-4-10(7-11(9)14)16-12(19)13(20)17(8-18)6-2-5-15/h3-4,7-8H,2,5-6,15H2,1H3,(H,16,19). The van der Waals surface area contributed by atoms with E-state index < -0.39 is 11.8 Å². The van der Waals surface area contributed by atoms with Crippen LogP contribution in [0.5, 0.6) is 0 Å². The highest BCUT2D eigenvalue weighted by atomic mass is 35.5. The first-order chi connectivity index (χ1) is 9.49. The second-order valence-corrected chi connectivity index (χ2v) is 4.57. The van der Waals surface area contributed by atoms with E-state index in [0.29, 0.717) is 30.1 Å². The van der Waals surface area contributed by atoms with Crippen molar-refractivity contribution in [2.24, 2.45) is 5.73 Å². The van der Waals surface area contributed by atoms with Gasteiger partial charge in [0.1, 0.15) is 0 Å². The Morgan fingerprint density at radius 2 is 2.15 bits per heavy atom. The number of hydrogen-bond donors (Lipinski definition) is 2. The molecule has 0 radical (unpaired) electrons. The van der Waals surface area contributed by atoms with Gasteiger partial charge >= 0.3 is 11.8 Å². The number of anilines is 1. The molecule has 1 aromatic rings. The maximum Gasteiger partial charge on any atom is 0.318 e.